The minimum Gasteiger partial charge on any atom is -0.480 e. The number of carbonyl (C=O) groups is 2. The van der Waals surface area contributed by atoms with E-state index in [-0.39, 0.29) is 6.54 Å². The van der Waals surface area contributed by atoms with Gasteiger partial charge in [0.1, 0.15) is 12.1 Å². The minimum absolute atomic E-state index is 0.129. The molecular weight excluding hydrogens is 200 g/mol. The molecule has 6 nitrogen and oxygen atoms in total. The van der Waals surface area contributed by atoms with E-state index in [0.717, 1.165) is 12.8 Å². The topological polar surface area (TPSA) is 113 Å². The average molecular weight is 218 g/mol. The molecule has 15 heavy (non-hydrogen) atoms. The highest BCUT2D eigenvalue weighted by molar-refractivity contribution is 5.79. The van der Waals surface area contributed by atoms with Crippen LogP contribution in [0, 0.1) is 0 Å². The molecule has 0 fully saturated rings. The third-order valence-corrected chi connectivity index (χ3v) is 2.03. The van der Waals surface area contributed by atoms with Crippen LogP contribution in [0.15, 0.2) is 0 Å². The highest BCUT2D eigenvalue weighted by atomic mass is 16.4. The van der Waals surface area contributed by atoms with Gasteiger partial charge in [0.25, 0.3) is 0 Å². The predicted octanol–water partition coefficient (Wildman–Crippen LogP) is -0.934. The van der Waals surface area contributed by atoms with E-state index in [9.17, 15) is 9.59 Å². The maximum atomic E-state index is 10.7. The molecule has 2 unspecified atom stereocenters. The van der Waals surface area contributed by atoms with Crippen molar-refractivity contribution in [2.24, 2.45) is 5.73 Å². The SMILES string of the molecule is CCCCC(NCC(O)C(N)=O)C(=O)O. The third-order valence-electron chi connectivity index (χ3n) is 2.03. The molecule has 0 spiro atoms. The molecule has 0 saturated carbocycles. The van der Waals surface area contributed by atoms with Crippen molar-refractivity contribution >= 4 is 11.9 Å². The number of aliphatic hydroxyl groups is 1. The summed E-state index contributed by atoms with van der Waals surface area (Å²) in [5, 5.41) is 20.4. The molecule has 5 N–H and O–H groups in total. The number of hydrogen-bond donors (Lipinski definition) is 4. The van der Waals surface area contributed by atoms with Crippen molar-refractivity contribution in [1.82, 2.24) is 5.32 Å². The number of carboxylic acids is 1. The molecule has 1 amide bonds. The summed E-state index contributed by atoms with van der Waals surface area (Å²) in [6, 6.07) is -0.737. The molecule has 0 heterocycles. The van der Waals surface area contributed by atoms with Crippen molar-refractivity contribution in [2.75, 3.05) is 6.54 Å². The second-order valence-corrected chi connectivity index (χ2v) is 3.36. The Hall–Kier alpha value is -1.14. The van der Waals surface area contributed by atoms with Crippen LogP contribution in [0.2, 0.25) is 0 Å². The van der Waals surface area contributed by atoms with E-state index in [0.29, 0.717) is 6.42 Å². The van der Waals surface area contributed by atoms with Crippen LogP contribution in [0.25, 0.3) is 0 Å². The van der Waals surface area contributed by atoms with Gasteiger partial charge in [-0.05, 0) is 6.42 Å². The Morgan fingerprint density at radius 1 is 1.47 bits per heavy atom. The Kier molecular flexibility index (Phi) is 6.64. The molecule has 0 saturated heterocycles. The molecule has 0 aromatic heterocycles. The summed E-state index contributed by atoms with van der Waals surface area (Å²) in [5.74, 6) is -1.85. The molecule has 88 valence electrons. The second-order valence-electron chi connectivity index (χ2n) is 3.36. The zero-order valence-electron chi connectivity index (χ0n) is 8.77. The van der Waals surface area contributed by atoms with Gasteiger partial charge in [-0.15, -0.1) is 0 Å². The summed E-state index contributed by atoms with van der Waals surface area (Å²) in [6.45, 7) is 1.83. The quantitative estimate of drug-likeness (QED) is 0.420. The molecule has 0 aromatic rings. The van der Waals surface area contributed by atoms with Gasteiger partial charge in [0.05, 0.1) is 0 Å². The van der Waals surface area contributed by atoms with Crippen molar-refractivity contribution in [3.05, 3.63) is 0 Å². The van der Waals surface area contributed by atoms with Gasteiger partial charge in [0.2, 0.25) is 5.91 Å². The fraction of sp³-hybridized carbons (Fsp3) is 0.778. The van der Waals surface area contributed by atoms with Crippen LogP contribution < -0.4 is 11.1 Å². The lowest BCUT2D eigenvalue weighted by atomic mass is 10.1. The van der Waals surface area contributed by atoms with E-state index in [4.69, 9.17) is 15.9 Å². The summed E-state index contributed by atoms with van der Waals surface area (Å²) in [6.07, 6.45) is 0.797. The number of carbonyl (C=O) groups excluding carboxylic acids is 1. The lowest BCUT2D eigenvalue weighted by molar-refractivity contribution is -0.140. The van der Waals surface area contributed by atoms with E-state index in [1.807, 2.05) is 6.92 Å². The van der Waals surface area contributed by atoms with E-state index < -0.39 is 24.0 Å². The standard InChI is InChI=1S/C9H18N2O4/c1-2-3-4-6(9(14)15)11-5-7(12)8(10)13/h6-7,11-12H,2-5H2,1H3,(H2,10,13)(H,14,15). The van der Waals surface area contributed by atoms with Crippen LogP contribution in [0.5, 0.6) is 0 Å². The van der Waals surface area contributed by atoms with E-state index in [2.05, 4.69) is 5.32 Å². The Balaban J connectivity index is 3.95. The number of primary amides is 1. The molecule has 2 atom stereocenters. The van der Waals surface area contributed by atoms with Crippen LogP contribution in [0.1, 0.15) is 26.2 Å². The number of carboxylic acid groups (broad SMARTS) is 1. The summed E-state index contributed by atoms with van der Waals surface area (Å²) in [5.41, 5.74) is 4.82. The normalized spacial score (nSPS) is 14.5. The summed E-state index contributed by atoms with van der Waals surface area (Å²) >= 11 is 0. The first kappa shape index (κ1) is 13.9. The van der Waals surface area contributed by atoms with Gasteiger partial charge in [-0.2, -0.15) is 0 Å². The van der Waals surface area contributed by atoms with E-state index in [1.54, 1.807) is 0 Å². The van der Waals surface area contributed by atoms with Crippen molar-refractivity contribution in [3.63, 3.8) is 0 Å². The fourth-order valence-corrected chi connectivity index (χ4v) is 1.08. The Bertz CT molecular complexity index is 220. The van der Waals surface area contributed by atoms with Gasteiger partial charge in [-0.3, -0.25) is 9.59 Å². The number of aliphatic carboxylic acids is 1. The molecule has 0 aliphatic rings. The molecule has 0 aliphatic carbocycles. The monoisotopic (exact) mass is 218 g/mol. The summed E-state index contributed by atoms with van der Waals surface area (Å²) in [4.78, 5) is 21.2. The van der Waals surface area contributed by atoms with Crippen LogP contribution in [0.4, 0.5) is 0 Å². The van der Waals surface area contributed by atoms with Gasteiger partial charge >= 0.3 is 5.97 Å². The zero-order chi connectivity index (χ0) is 11.8. The predicted molar refractivity (Wildman–Crippen MR) is 54.2 cm³/mol. The minimum atomic E-state index is -1.34. The van der Waals surface area contributed by atoms with Crippen molar-refractivity contribution in [1.29, 1.82) is 0 Å². The first-order chi connectivity index (χ1) is 6.99. The highest BCUT2D eigenvalue weighted by Crippen LogP contribution is 2.00. The number of rotatable bonds is 8. The molecule has 6 heteroatoms. The van der Waals surface area contributed by atoms with Gasteiger partial charge in [-0.25, -0.2) is 0 Å². The highest BCUT2D eigenvalue weighted by Gasteiger charge is 2.19. The molecule has 0 aromatic carbocycles. The van der Waals surface area contributed by atoms with Crippen molar-refractivity contribution in [3.8, 4) is 0 Å². The maximum absolute atomic E-state index is 10.7. The number of nitrogens with two attached hydrogens (primary N) is 1. The van der Waals surface area contributed by atoms with Crippen LogP contribution in [-0.4, -0.2) is 40.8 Å². The smallest absolute Gasteiger partial charge is 0.320 e. The van der Waals surface area contributed by atoms with Gasteiger partial charge < -0.3 is 21.3 Å². The zero-order valence-corrected chi connectivity index (χ0v) is 8.77. The lowest BCUT2D eigenvalue weighted by Crippen LogP contribution is -2.44. The Morgan fingerprint density at radius 3 is 2.47 bits per heavy atom. The fourth-order valence-electron chi connectivity index (χ4n) is 1.08. The number of hydrogen-bond acceptors (Lipinski definition) is 4. The van der Waals surface area contributed by atoms with Crippen LogP contribution in [0.3, 0.4) is 0 Å². The summed E-state index contributed by atoms with van der Waals surface area (Å²) in [7, 11) is 0. The Morgan fingerprint density at radius 2 is 2.07 bits per heavy atom. The maximum Gasteiger partial charge on any atom is 0.320 e. The van der Waals surface area contributed by atoms with Gasteiger partial charge in [-0.1, -0.05) is 19.8 Å². The van der Waals surface area contributed by atoms with Gasteiger partial charge in [0, 0.05) is 6.54 Å². The largest absolute Gasteiger partial charge is 0.480 e. The summed E-state index contributed by atoms with van der Waals surface area (Å²) < 4.78 is 0. The Labute approximate surface area is 88.5 Å². The van der Waals surface area contributed by atoms with Crippen LogP contribution in [-0.2, 0) is 9.59 Å². The number of amides is 1. The average Bonchev–Trinajstić information content (AvgIpc) is 2.16. The molecule has 0 bridgehead atoms. The van der Waals surface area contributed by atoms with Crippen molar-refractivity contribution in [2.45, 2.75) is 38.3 Å². The first-order valence-corrected chi connectivity index (χ1v) is 4.92. The first-order valence-electron chi connectivity index (χ1n) is 4.92. The van der Waals surface area contributed by atoms with Crippen LogP contribution >= 0.6 is 0 Å². The van der Waals surface area contributed by atoms with Gasteiger partial charge in [0.15, 0.2) is 0 Å². The van der Waals surface area contributed by atoms with E-state index >= 15 is 0 Å². The van der Waals surface area contributed by atoms with Crippen molar-refractivity contribution < 1.29 is 19.8 Å². The molecular formula is C9H18N2O4. The van der Waals surface area contributed by atoms with E-state index in [1.165, 1.54) is 0 Å². The second kappa shape index (κ2) is 7.19. The third kappa shape index (κ3) is 6.03. The number of unbranched alkanes of at least 4 members (excludes halogenated alkanes) is 1. The number of aliphatic hydroxyl groups excluding tert-OH is 1. The molecule has 0 aliphatic heterocycles. The molecule has 0 rings (SSSR count). The lowest BCUT2D eigenvalue weighted by Gasteiger charge is -2.15. The molecule has 0 radical (unpaired) electrons. The number of nitrogens with one attached hydrogen (secondary N) is 1.